The van der Waals surface area contributed by atoms with Crippen molar-refractivity contribution in [1.29, 1.82) is 0 Å². The highest BCUT2D eigenvalue weighted by atomic mass is 16.5. The lowest BCUT2D eigenvalue weighted by Gasteiger charge is -2.27. The highest BCUT2D eigenvalue weighted by molar-refractivity contribution is 5.67. The van der Waals surface area contributed by atoms with Crippen LogP contribution < -0.4 is 15.4 Å². The third-order valence-corrected chi connectivity index (χ3v) is 8.91. The Morgan fingerprint density at radius 2 is 1.36 bits per heavy atom. The van der Waals surface area contributed by atoms with E-state index in [1.165, 1.54) is 44.8 Å². The van der Waals surface area contributed by atoms with Crippen LogP contribution in [-0.2, 0) is 11.8 Å². The van der Waals surface area contributed by atoms with Crippen LogP contribution in [0.4, 0.5) is 11.4 Å². The van der Waals surface area contributed by atoms with E-state index in [4.69, 9.17) is 4.74 Å². The first kappa shape index (κ1) is 21.6. The second kappa shape index (κ2) is 7.89. The number of fused-ring (bicyclic) bond motifs is 10. The molecule has 2 heterocycles. The molecule has 3 nitrogen and oxygen atoms in total. The zero-order valence-corrected chi connectivity index (χ0v) is 21.1. The van der Waals surface area contributed by atoms with E-state index < -0.39 is 0 Å². The summed E-state index contributed by atoms with van der Waals surface area (Å²) in [7, 11) is 1.73. The second-order valence-corrected chi connectivity index (χ2v) is 11.1. The SMILES string of the molecule is CC1(C)c2ccccc2[C@@H]2Nc3ccccc3[C@@H]21.COc1ccc2c(c1)[C@@H]1Cc3ccccc3[C@@H]1N2. The van der Waals surface area contributed by atoms with Gasteiger partial charge < -0.3 is 15.4 Å². The fourth-order valence-electron chi connectivity index (χ4n) is 7.25. The normalized spacial score (nSPS) is 24.5. The van der Waals surface area contributed by atoms with Gasteiger partial charge in [0.05, 0.1) is 19.2 Å². The van der Waals surface area contributed by atoms with E-state index in [-0.39, 0.29) is 5.41 Å². The Labute approximate surface area is 213 Å². The van der Waals surface area contributed by atoms with E-state index in [9.17, 15) is 0 Å². The molecule has 2 aliphatic heterocycles. The minimum Gasteiger partial charge on any atom is -0.497 e. The van der Waals surface area contributed by atoms with Crippen molar-refractivity contribution in [2.24, 2.45) is 0 Å². The van der Waals surface area contributed by atoms with Gasteiger partial charge in [-0.1, -0.05) is 80.6 Å². The van der Waals surface area contributed by atoms with E-state index in [1.807, 2.05) is 6.07 Å². The van der Waals surface area contributed by atoms with Gasteiger partial charge in [0, 0.05) is 23.2 Å². The van der Waals surface area contributed by atoms with Crippen molar-refractivity contribution in [3.63, 3.8) is 0 Å². The van der Waals surface area contributed by atoms with Crippen molar-refractivity contribution in [1.82, 2.24) is 0 Å². The van der Waals surface area contributed by atoms with Gasteiger partial charge in [-0.15, -0.1) is 0 Å². The molecule has 0 saturated carbocycles. The van der Waals surface area contributed by atoms with Crippen molar-refractivity contribution in [2.45, 2.75) is 49.6 Å². The van der Waals surface area contributed by atoms with Crippen LogP contribution in [0.25, 0.3) is 0 Å². The molecule has 3 heteroatoms. The number of rotatable bonds is 1. The number of nitrogens with one attached hydrogen (secondary N) is 2. The van der Waals surface area contributed by atoms with Crippen LogP contribution >= 0.6 is 0 Å². The summed E-state index contributed by atoms with van der Waals surface area (Å²) < 4.78 is 5.34. The molecule has 36 heavy (non-hydrogen) atoms. The van der Waals surface area contributed by atoms with Gasteiger partial charge in [-0.2, -0.15) is 0 Å². The van der Waals surface area contributed by atoms with Gasteiger partial charge in [0.2, 0.25) is 0 Å². The first-order valence-corrected chi connectivity index (χ1v) is 13.0. The number of benzene rings is 4. The van der Waals surface area contributed by atoms with Crippen molar-refractivity contribution in [2.75, 3.05) is 17.7 Å². The smallest absolute Gasteiger partial charge is 0.119 e. The monoisotopic (exact) mass is 472 g/mol. The van der Waals surface area contributed by atoms with Gasteiger partial charge in [0.1, 0.15) is 5.75 Å². The third-order valence-electron chi connectivity index (χ3n) is 8.91. The Hall–Kier alpha value is -3.72. The largest absolute Gasteiger partial charge is 0.497 e. The minimum absolute atomic E-state index is 0.209. The van der Waals surface area contributed by atoms with Gasteiger partial charge in [-0.25, -0.2) is 0 Å². The summed E-state index contributed by atoms with van der Waals surface area (Å²) in [6.45, 7) is 4.75. The lowest BCUT2D eigenvalue weighted by molar-refractivity contribution is 0.414. The molecule has 4 aliphatic rings. The molecule has 0 aromatic heterocycles. The highest BCUT2D eigenvalue weighted by Crippen LogP contribution is 2.60. The topological polar surface area (TPSA) is 33.3 Å². The summed E-state index contributed by atoms with van der Waals surface area (Å²) in [4.78, 5) is 0. The number of methoxy groups -OCH3 is 1. The fraction of sp³-hybridized carbons (Fsp3) is 0.273. The van der Waals surface area contributed by atoms with E-state index in [0.29, 0.717) is 23.9 Å². The molecule has 0 spiro atoms. The lowest BCUT2D eigenvalue weighted by atomic mass is 9.75. The van der Waals surface area contributed by atoms with E-state index >= 15 is 0 Å². The molecule has 180 valence electrons. The Morgan fingerprint density at radius 1 is 0.694 bits per heavy atom. The first-order chi connectivity index (χ1) is 17.6. The molecule has 2 aliphatic carbocycles. The van der Waals surface area contributed by atoms with Crippen molar-refractivity contribution >= 4 is 11.4 Å². The molecule has 8 rings (SSSR count). The van der Waals surface area contributed by atoms with E-state index in [0.717, 1.165) is 12.2 Å². The Balaban J connectivity index is 0.000000122. The quantitative estimate of drug-likeness (QED) is 0.297. The van der Waals surface area contributed by atoms with Crippen LogP contribution in [0.3, 0.4) is 0 Å². The Morgan fingerprint density at radius 3 is 2.19 bits per heavy atom. The second-order valence-electron chi connectivity index (χ2n) is 11.1. The lowest BCUT2D eigenvalue weighted by Crippen LogP contribution is -2.22. The van der Waals surface area contributed by atoms with Crippen LogP contribution in [-0.4, -0.2) is 7.11 Å². The average Bonchev–Trinajstić information content (AvgIpc) is 3.62. The summed E-state index contributed by atoms with van der Waals surface area (Å²) in [6.07, 6.45) is 1.13. The summed E-state index contributed by atoms with van der Waals surface area (Å²) in [6, 6.07) is 33.6. The van der Waals surface area contributed by atoms with Crippen molar-refractivity contribution in [3.8, 4) is 5.75 Å². The van der Waals surface area contributed by atoms with Gasteiger partial charge in [0.25, 0.3) is 0 Å². The van der Waals surface area contributed by atoms with Gasteiger partial charge in [-0.3, -0.25) is 0 Å². The molecule has 0 radical (unpaired) electrons. The molecule has 0 amide bonds. The van der Waals surface area contributed by atoms with Gasteiger partial charge >= 0.3 is 0 Å². The number of para-hydroxylation sites is 1. The number of hydrogen-bond donors (Lipinski definition) is 2. The van der Waals surface area contributed by atoms with Crippen LogP contribution in [0, 0.1) is 0 Å². The van der Waals surface area contributed by atoms with Crippen LogP contribution in [0.5, 0.6) is 5.75 Å². The summed E-state index contributed by atoms with van der Waals surface area (Å²) in [5.74, 6) is 2.07. The molecule has 2 N–H and O–H groups in total. The summed E-state index contributed by atoms with van der Waals surface area (Å²) in [5.41, 5.74) is 11.6. The Bertz CT molecular complexity index is 1470. The molecular weight excluding hydrogens is 440 g/mol. The molecule has 0 saturated heterocycles. The minimum atomic E-state index is 0.209. The zero-order valence-electron chi connectivity index (χ0n) is 21.1. The fourth-order valence-corrected chi connectivity index (χ4v) is 7.25. The maximum atomic E-state index is 5.34. The molecular formula is C33H32N2O. The van der Waals surface area contributed by atoms with E-state index in [2.05, 4.69) is 109 Å². The first-order valence-electron chi connectivity index (χ1n) is 13.0. The molecule has 4 aromatic rings. The van der Waals surface area contributed by atoms with Crippen molar-refractivity contribution < 1.29 is 4.74 Å². The van der Waals surface area contributed by atoms with Gasteiger partial charge in [0.15, 0.2) is 0 Å². The molecule has 4 atom stereocenters. The number of ether oxygens (including phenoxy) is 1. The van der Waals surface area contributed by atoms with Crippen molar-refractivity contribution in [3.05, 3.63) is 124 Å². The average molecular weight is 473 g/mol. The predicted octanol–water partition coefficient (Wildman–Crippen LogP) is 7.73. The van der Waals surface area contributed by atoms with E-state index in [1.54, 1.807) is 7.11 Å². The highest BCUT2D eigenvalue weighted by Gasteiger charge is 2.50. The zero-order chi connectivity index (χ0) is 24.4. The summed E-state index contributed by atoms with van der Waals surface area (Å²) >= 11 is 0. The molecule has 0 bridgehead atoms. The molecule has 4 aromatic carbocycles. The van der Waals surface area contributed by atoms with Gasteiger partial charge in [-0.05, 0) is 69.5 Å². The third kappa shape index (κ3) is 3.05. The predicted molar refractivity (Wildman–Crippen MR) is 147 cm³/mol. The molecule has 0 unspecified atom stereocenters. The maximum Gasteiger partial charge on any atom is 0.119 e. The maximum absolute atomic E-state index is 5.34. The summed E-state index contributed by atoms with van der Waals surface area (Å²) in [5, 5.41) is 7.36. The number of anilines is 2. The Kier molecular flexibility index (Phi) is 4.73. The van der Waals surface area contributed by atoms with Crippen LogP contribution in [0.2, 0.25) is 0 Å². The van der Waals surface area contributed by atoms with Crippen LogP contribution in [0.15, 0.2) is 91.0 Å². The molecule has 0 fully saturated rings. The number of hydrogen-bond acceptors (Lipinski definition) is 3. The standard InChI is InChI=1S/C17H17N.C16H15NO/c1-17(2)13-9-5-3-7-11(13)16-15(17)12-8-4-6-10-14(12)18-16;1-18-11-6-7-15-13(9-11)14-8-10-4-2-3-5-12(10)16(14)17-15/h3-10,15-16,18H,1-2H3;2-7,9,14,16-17H,8H2,1H3/t15-,16-;14-,16-/m00/s1. The van der Waals surface area contributed by atoms with Crippen LogP contribution in [0.1, 0.15) is 71.1 Å².